The van der Waals surface area contributed by atoms with Crippen molar-refractivity contribution in [3.63, 3.8) is 0 Å². The lowest BCUT2D eigenvalue weighted by Gasteiger charge is -2.32. The van der Waals surface area contributed by atoms with Crippen LogP contribution in [-0.4, -0.2) is 25.5 Å². The summed E-state index contributed by atoms with van der Waals surface area (Å²) < 4.78 is 105. The highest BCUT2D eigenvalue weighted by Crippen LogP contribution is 2.49. The summed E-state index contributed by atoms with van der Waals surface area (Å²) >= 11 is 0. The van der Waals surface area contributed by atoms with E-state index in [0.717, 1.165) is 0 Å². The molecule has 10 heteroatoms. The summed E-state index contributed by atoms with van der Waals surface area (Å²) in [7, 11) is -7.35. The van der Waals surface area contributed by atoms with Gasteiger partial charge in [-0.15, -0.1) is 0 Å². The molecule has 0 heterocycles. The average Bonchev–Trinajstić information content (AvgIpc) is 1.77. The van der Waals surface area contributed by atoms with E-state index in [1.807, 2.05) is 0 Å². The zero-order chi connectivity index (χ0) is 12.0. The van der Waals surface area contributed by atoms with E-state index in [9.17, 15) is 39.5 Å². The Bertz CT molecular complexity index is 170. The third-order valence-corrected chi connectivity index (χ3v) is 5.10. The van der Waals surface area contributed by atoms with Gasteiger partial charge in [0.2, 0.25) is 0 Å². The van der Waals surface area contributed by atoms with E-state index in [0.29, 0.717) is 0 Å². The van der Waals surface area contributed by atoms with Gasteiger partial charge in [0.1, 0.15) is 0 Å². The Kier molecular flexibility index (Phi) is 2.95. The maximum Gasteiger partial charge on any atom is 0.420 e. The molecule has 0 rings (SSSR count). The Morgan fingerprint density at radius 1 is 0.571 bits per heavy atom. The Morgan fingerprint density at radius 2 is 0.714 bits per heavy atom. The topological polar surface area (TPSA) is 0 Å². The van der Waals surface area contributed by atoms with Crippen molar-refractivity contribution in [1.29, 1.82) is 0 Å². The molecular weight excluding hydrogens is 247 g/mol. The van der Waals surface area contributed by atoms with E-state index < -0.39 is 32.0 Å². The van der Waals surface area contributed by atoms with Crippen molar-refractivity contribution in [2.75, 3.05) is 0 Å². The molecule has 0 bridgehead atoms. The summed E-state index contributed by atoms with van der Waals surface area (Å²) in [5.41, 5.74) is 0. The van der Waals surface area contributed by atoms with Crippen LogP contribution >= 0.6 is 0 Å². The molecule has 0 aromatic rings. The highest BCUT2D eigenvalue weighted by atomic mass is 28.3. The minimum Gasteiger partial charge on any atom is -0.176 e. The second-order valence-corrected chi connectivity index (χ2v) is 6.57. The Morgan fingerprint density at radius 3 is 0.714 bits per heavy atom. The van der Waals surface area contributed by atoms with Gasteiger partial charge < -0.3 is 0 Å². The fraction of sp³-hybridized carbons (Fsp3) is 1.00. The van der Waals surface area contributed by atoms with Crippen LogP contribution in [0.4, 0.5) is 39.5 Å². The van der Waals surface area contributed by atoms with Crippen LogP contribution in [0.3, 0.4) is 0 Å². The zero-order valence-electron chi connectivity index (χ0n) is 6.40. The van der Waals surface area contributed by atoms with Crippen LogP contribution in [0.5, 0.6) is 0 Å². The number of hydrogen-bond donors (Lipinski definition) is 0. The second-order valence-electron chi connectivity index (χ2n) is 2.62. The normalized spacial score (nSPS) is 15.9. The smallest absolute Gasteiger partial charge is 0.176 e. The van der Waals surface area contributed by atoms with Crippen molar-refractivity contribution < 1.29 is 39.5 Å². The summed E-state index contributed by atoms with van der Waals surface area (Å²) in [4.78, 5) is 0. The van der Waals surface area contributed by atoms with Gasteiger partial charge in [0.15, 0.2) is 0 Å². The summed E-state index contributed by atoms with van der Waals surface area (Å²) in [6, 6.07) is 0. The van der Waals surface area contributed by atoms with Crippen molar-refractivity contribution in [3.8, 4) is 0 Å². The molecule has 0 aliphatic heterocycles. The minimum absolute atomic E-state index is 0.799. The molecule has 0 aromatic carbocycles. The molecule has 0 saturated heterocycles. The van der Waals surface area contributed by atoms with Crippen LogP contribution in [0, 0.1) is 0 Å². The van der Waals surface area contributed by atoms with Gasteiger partial charge in [0.05, 0.1) is 0 Å². The molecule has 86 valence electrons. The Balaban J connectivity index is 5.54. The van der Waals surface area contributed by atoms with E-state index in [1.54, 1.807) is 0 Å². The molecule has 0 aliphatic carbocycles. The Labute approximate surface area is 72.7 Å². The predicted octanol–water partition coefficient (Wildman–Crippen LogP) is 3.37. The maximum absolute atomic E-state index is 11.7. The number of hydrogen-bond acceptors (Lipinski definition) is 0. The number of rotatable bonds is 0. The van der Waals surface area contributed by atoms with Crippen molar-refractivity contribution in [2.45, 2.75) is 23.9 Å². The van der Waals surface area contributed by atoms with E-state index in [4.69, 9.17) is 0 Å². The Hall–Kier alpha value is -0.413. The summed E-state index contributed by atoms with van der Waals surface area (Å²) in [5.74, 6) is -18.9. The molecule has 0 aromatic heterocycles. The number of halogens is 9. The van der Waals surface area contributed by atoms with E-state index in [1.165, 1.54) is 0 Å². The summed E-state index contributed by atoms with van der Waals surface area (Å²) in [5, 5.41) is 0. The highest BCUT2D eigenvalue weighted by Gasteiger charge is 2.84. The molecule has 0 fully saturated rings. The lowest BCUT2D eigenvalue weighted by atomic mass is 11.4. The summed E-state index contributed by atoms with van der Waals surface area (Å²) in [6.45, 7) is -0.799. The van der Waals surface area contributed by atoms with E-state index in [2.05, 4.69) is 0 Å². The average molecular weight is 250 g/mol. The van der Waals surface area contributed by atoms with Crippen molar-refractivity contribution in [2.24, 2.45) is 0 Å². The largest absolute Gasteiger partial charge is 0.420 e. The predicted molar refractivity (Wildman–Crippen MR) is 29.8 cm³/mol. The summed E-state index contributed by atoms with van der Waals surface area (Å²) in [6.07, 6.45) is 0. The lowest BCUT2D eigenvalue weighted by Crippen LogP contribution is -2.69. The van der Waals surface area contributed by atoms with Gasteiger partial charge in [-0.05, 0) is 6.55 Å². The lowest BCUT2D eigenvalue weighted by molar-refractivity contribution is -0.162. The van der Waals surface area contributed by atoms with E-state index >= 15 is 0 Å². The van der Waals surface area contributed by atoms with Crippen LogP contribution in [-0.2, 0) is 0 Å². The molecule has 0 aliphatic rings. The quantitative estimate of drug-likeness (QED) is 0.456. The van der Waals surface area contributed by atoms with Gasteiger partial charge in [-0.1, -0.05) is 0 Å². The van der Waals surface area contributed by atoms with Crippen LogP contribution in [0.15, 0.2) is 0 Å². The van der Waals surface area contributed by atoms with Gasteiger partial charge in [0.25, 0.3) is 0 Å². The highest BCUT2D eigenvalue weighted by molar-refractivity contribution is 6.84. The van der Waals surface area contributed by atoms with Crippen LogP contribution < -0.4 is 0 Å². The third kappa shape index (κ3) is 1.84. The fourth-order valence-corrected chi connectivity index (χ4v) is 1.45. The molecule has 0 amide bonds. The van der Waals surface area contributed by atoms with Crippen molar-refractivity contribution in [3.05, 3.63) is 0 Å². The standard InChI is InChI=1S/C4H3F9Si/c1-14(2(5,6)7,3(8,9)10)4(11,12)13/h1H3. The molecule has 0 spiro atoms. The van der Waals surface area contributed by atoms with Crippen LogP contribution in [0.25, 0.3) is 0 Å². The van der Waals surface area contributed by atoms with Crippen molar-refractivity contribution in [1.82, 2.24) is 0 Å². The number of alkyl halides is 9. The van der Waals surface area contributed by atoms with Crippen LogP contribution in [0.1, 0.15) is 0 Å². The SMILES string of the molecule is C[Si](C(F)(F)F)(C(F)(F)F)C(F)(F)F. The van der Waals surface area contributed by atoms with Gasteiger partial charge in [-0.2, -0.15) is 39.5 Å². The zero-order valence-corrected chi connectivity index (χ0v) is 7.40. The molecule has 0 atom stereocenters. The first-order valence-corrected chi connectivity index (χ1v) is 5.45. The van der Waals surface area contributed by atoms with Gasteiger partial charge in [0, 0.05) is 0 Å². The molecule has 0 N–H and O–H groups in total. The molecule has 0 unspecified atom stereocenters. The fourth-order valence-electron chi connectivity index (χ4n) is 0.482. The third-order valence-electron chi connectivity index (χ3n) is 1.70. The van der Waals surface area contributed by atoms with Crippen molar-refractivity contribution >= 4 is 8.07 Å². The van der Waals surface area contributed by atoms with Gasteiger partial charge in [-0.3, -0.25) is 0 Å². The first-order valence-electron chi connectivity index (χ1n) is 2.95. The molecule has 0 saturated carbocycles. The second kappa shape index (κ2) is 3.04. The molecule has 0 nitrogen and oxygen atoms in total. The van der Waals surface area contributed by atoms with Crippen LogP contribution in [0.2, 0.25) is 6.55 Å². The monoisotopic (exact) mass is 250 g/mol. The molecular formula is C4H3F9Si. The van der Waals surface area contributed by atoms with Gasteiger partial charge >= 0.3 is 25.5 Å². The minimum atomic E-state index is -7.35. The van der Waals surface area contributed by atoms with Gasteiger partial charge in [-0.25, -0.2) is 0 Å². The molecule has 14 heavy (non-hydrogen) atoms. The molecule has 0 radical (unpaired) electrons. The maximum atomic E-state index is 11.7. The first-order chi connectivity index (χ1) is 5.75. The van der Waals surface area contributed by atoms with E-state index in [-0.39, 0.29) is 0 Å². The first kappa shape index (κ1) is 13.6.